The van der Waals surface area contributed by atoms with E-state index in [2.05, 4.69) is 15.7 Å². The Balaban J connectivity index is 1.24. The molecule has 2 fully saturated rings. The summed E-state index contributed by atoms with van der Waals surface area (Å²) in [5.74, 6) is -3.02. The summed E-state index contributed by atoms with van der Waals surface area (Å²) in [4.78, 5) is 39.8. The number of amides is 1. The van der Waals surface area contributed by atoms with Gasteiger partial charge < -0.3 is 14.4 Å². The largest absolute Gasteiger partial charge is 0.494 e. The molecule has 0 N–H and O–H groups in total. The van der Waals surface area contributed by atoms with Crippen LogP contribution in [0, 0.1) is 5.41 Å². The molecule has 1 spiro atoms. The molecule has 0 radical (unpaired) electrons. The second-order valence-corrected chi connectivity index (χ2v) is 10.2. The number of hydrogen-bond donors (Lipinski definition) is 0. The lowest BCUT2D eigenvalue weighted by atomic mass is 9.71. The molecule has 4 rings (SSSR count). The number of para-hydroxylation sites is 1. The smallest absolute Gasteiger partial charge is 0.491 e. The van der Waals surface area contributed by atoms with Crippen molar-refractivity contribution in [1.82, 2.24) is 9.80 Å². The van der Waals surface area contributed by atoms with Crippen molar-refractivity contribution < 1.29 is 37.0 Å². The molecule has 39 heavy (non-hydrogen) atoms. The van der Waals surface area contributed by atoms with E-state index in [-0.39, 0.29) is 11.3 Å². The number of hydrogen-bond acceptors (Lipinski definition) is 6. The Bertz CT molecular complexity index is 1160. The minimum atomic E-state index is -5.23. The van der Waals surface area contributed by atoms with E-state index < -0.39 is 24.5 Å². The van der Waals surface area contributed by atoms with Gasteiger partial charge >= 0.3 is 18.1 Å². The fourth-order valence-corrected chi connectivity index (χ4v) is 5.35. The SMILES string of the molecule is CCOc1ccccc1CN1CCC2(CC1)CCN(C(=O)c1ccc(CC(=O)OC(=O)C(F)(F)F)cc1)CC2. The van der Waals surface area contributed by atoms with Crippen molar-refractivity contribution in [2.24, 2.45) is 5.41 Å². The third-order valence-electron chi connectivity index (χ3n) is 7.68. The number of halogens is 3. The zero-order valence-electron chi connectivity index (χ0n) is 22.0. The van der Waals surface area contributed by atoms with Crippen LogP contribution in [0.4, 0.5) is 13.2 Å². The molecule has 0 aliphatic carbocycles. The molecule has 0 unspecified atom stereocenters. The van der Waals surface area contributed by atoms with Crippen LogP contribution in [0.25, 0.3) is 0 Å². The van der Waals surface area contributed by atoms with Crippen LogP contribution in [0.3, 0.4) is 0 Å². The number of carbonyl (C=O) groups excluding carboxylic acids is 3. The van der Waals surface area contributed by atoms with Crippen molar-refractivity contribution in [3.8, 4) is 5.75 Å². The Morgan fingerprint density at radius 3 is 2.13 bits per heavy atom. The first-order chi connectivity index (χ1) is 18.6. The fourth-order valence-electron chi connectivity index (χ4n) is 5.35. The molecule has 210 valence electrons. The molecule has 10 heteroatoms. The van der Waals surface area contributed by atoms with E-state index >= 15 is 0 Å². The van der Waals surface area contributed by atoms with Crippen molar-refractivity contribution in [2.75, 3.05) is 32.8 Å². The number of carbonyl (C=O) groups is 3. The van der Waals surface area contributed by atoms with Crippen molar-refractivity contribution in [1.29, 1.82) is 0 Å². The van der Waals surface area contributed by atoms with Gasteiger partial charge in [-0.3, -0.25) is 14.5 Å². The lowest BCUT2D eigenvalue weighted by molar-refractivity contribution is -0.201. The topological polar surface area (TPSA) is 76.2 Å². The quantitative estimate of drug-likeness (QED) is 0.368. The molecule has 2 heterocycles. The van der Waals surface area contributed by atoms with Crippen LogP contribution in [0.5, 0.6) is 5.75 Å². The normalized spacial score (nSPS) is 17.6. The summed E-state index contributed by atoms with van der Waals surface area (Å²) in [6.45, 7) is 6.84. The first-order valence-electron chi connectivity index (χ1n) is 13.2. The molecule has 7 nitrogen and oxygen atoms in total. The standard InChI is InChI=1S/C29H33F3N2O5/c1-2-38-24-6-4-3-5-23(24)20-33-15-11-28(12-16-33)13-17-34(18-14-28)26(36)22-9-7-21(8-10-22)19-25(35)39-27(37)29(30,31)32/h3-10H,2,11-20H2,1H3. The van der Waals surface area contributed by atoms with Gasteiger partial charge in [-0.1, -0.05) is 30.3 Å². The third kappa shape index (κ3) is 7.38. The summed E-state index contributed by atoms with van der Waals surface area (Å²) >= 11 is 0. The maximum atomic E-state index is 13.0. The third-order valence-corrected chi connectivity index (χ3v) is 7.68. The predicted molar refractivity (Wildman–Crippen MR) is 137 cm³/mol. The lowest BCUT2D eigenvalue weighted by Gasteiger charge is -2.47. The molecule has 0 atom stereocenters. The molecule has 2 saturated heterocycles. The molecule has 2 aromatic carbocycles. The minimum Gasteiger partial charge on any atom is -0.494 e. The first kappa shape index (κ1) is 28.6. The van der Waals surface area contributed by atoms with Gasteiger partial charge in [0.05, 0.1) is 13.0 Å². The summed E-state index contributed by atoms with van der Waals surface area (Å²) in [7, 11) is 0. The highest BCUT2D eigenvalue weighted by Crippen LogP contribution is 2.42. The zero-order chi connectivity index (χ0) is 28.0. The second kappa shape index (κ2) is 12.2. The van der Waals surface area contributed by atoms with Crippen LogP contribution in [0.1, 0.15) is 54.1 Å². The van der Waals surface area contributed by atoms with Gasteiger partial charge in [-0.15, -0.1) is 0 Å². The highest BCUT2D eigenvalue weighted by Gasteiger charge is 2.42. The minimum absolute atomic E-state index is 0.115. The van der Waals surface area contributed by atoms with Gasteiger partial charge in [-0.25, -0.2) is 4.79 Å². The number of nitrogens with zero attached hydrogens (tertiary/aromatic N) is 2. The van der Waals surface area contributed by atoms with E-state index in [0.29, 0.717) is 30.8 Å². The monoisotopic (exact) mass is 546 g/mol. The molecule has 2 aliphatic heterocycles. The van der Waals surface area contributed by atoms with E-state index in [4.69, 9.17) is 4.74 Å². The highest BCUT2D eigenvalue weighted by atomic mass is 19.4. The average molecular weight is 547 g/mol. The Morgan fingerprint density at radius 2 is 1.51 bits per heavy atom. The second-order valence-electron chi connectivity index (χ2n) is 10.2. The number of ether oxygens (including phenoxy) is 2. The van der Waals surface area contributed by atoms with Crippen molar-refractivity contribution in [3.05, 3.63) is 65.2 Å². The van der Waals surface area contributed by atoms with Gasteiger partial charge in [0, 0.05) is 30.8 Å². The van der Waals surface area contributed by atoms with Crippen LogP contribution in [0.15, 0.2) is 48.5 Å². The van der Waals surface area contributed by atoms with Crippen LogP contribution >= 0.6 is 0 Å². The van der Waals surface area contributed by atoms with Crippen molar-refractivity contribution >= 4 is 17.8 Å². The number of piperidine rings is 2. The molecule has 1 amide bonds. The van der Waals surface area contributed by atoms with E-state index in [1.165, 1.54) is 17.7 Å². The Hall–Kier alpha value is -3.40. The molecule has 2 aliphatic rings. The fraction of sp³-hybridized carbons (Fsp3) is 0.483. The Labute approximate surface area is 225 Å². The van der Waals surface area contributed by atoms with Gasteiger partial charge in [0.25, 0.3) is 5.91 Å². The van der Waals surface area contributed by atoms with Gasteiger partial charge in [0.15, 0.2) is 0 Å². The van der Waals surface area contributed by atoms with Crippen LogP contribution in [0.2, 0.25) is 0 Å². The van der Waals surface area contributed by atoms with Gasteiger partial charge in [-0.05, 0) is 74.9 Å². The molecular weight excluding hydrogens is 513 g/mol. The number of likely N-dealkylation sites (tertiary alicyclic amines) is 2. The van der Waals surface area contributed by atoms with Gasteiger partial charge in [0.2, 0.25) is 0 Å². The average Bonchev–Trinajstić information content (AvgIpc) is 2.91. The predicted octanol–water partition coefficient (Wildman–Crippen LogP) is 4.78. The summed E-state index contributed by atoms with van der Waals surface area (Å²) in [5, 5.41) is 0. The van der Waals surface area contributed by atoms with E-state index in [1.807, 2.05) is 30.0 Å². The number of benzene rings is 2. The first-order valence-corrected chi connectivity index (χ1v) is 13.2. The number of alkyl halides is 3. The molecular formula is C29H33F3N2O5. The summed E-state index contributed by atoms with van der Waals surface area (Å²) in [6, 6.07) is 14.2. The van der Waals surface area contributed by atoms with E-state index in [1.54, 1.807) is 12.1 Å². The van der Waals surface area contributed by atoms with Crippen LogP contribution in [-0.4, -0.2) is 66.6 Å². The van der Waals surface area contributed by atoms with E-state index in [9.17, 15) is 27.6 Å². The van der Waals surface area contributed by atoms with Crippen LogP contribution < -0.4 is 4.74 Å². The Morgan fingerprint density at radius 1 is 0.897 bits per heavy atom. The van der Waals surface area contributed by atoms with E-state index in [0.717, 1.165) is 51.1 Å². The summed E-state index contributed by atoms with van der Waals surface area (Å²) in [6.07, 6.45) is -1.66. The van der Waals surface area contributed by atoms with Crippen molar-refractivity contribution in [2.45, 2.75) is 51.7 Å². The molecule has 0 saturated carbocycles. The molecule has 0 aromatic heterocycles. The maximum absolute atomic E-state index is 13.0. The summed E-state index contributed by atoms with van der Waals surface area (Å²) < 4.78 is 46.3. The molecule has 2 aromatic rings. The molecule has 0 bridgehead atoms. The van der Waals surface area contributed by atoms with Gasteiger partial charge in [0.1, 0.15) is 5.75 Å². The number of rotatable bonds is 7. The van der Waals surface area contributed by atoms with Crippen LogP contribution in [-0.2, 0) is 27.3 Å². The Kier molecular flexibility index (Phi) is 8.94. The summed E-state index contributed by atoms with van der Waals surface area (Å²) in [5.41, 5.74) is 2.23. The van der Waals surface area contributed by atoms with Gasteiger partial charge in [-0.2, -0.15) is 13.2 Å². The zero-order valence-corrected chi connectivity index (χ0v) is 22.0. The van der Waals surface area contributed by atoms with Crippen molar-refractivity contribution in [3.63, 3.8) is 0 Å². The lowest BCUT2D eigenvalue weighted by Crippen LogP contribution is -2.48. The maximum Gasteiger partial charge on any atom is 0.491 e. The highest BCUT2D eigenvalue weighted by molar-refractivity contribution is 5.94. The number of esters is 2.